The SMILES string of the molecule is O=C(NC1(c2cccc(Cl)c2)CC1)c1ccc(CN(Cc2ccccn2)S(=O)(=O)c2ccc(Cl)cc2)cc1. The molecule has 1 amide bonds. The number of carbonyl (C=O) groups excluding carboxylic acids is 1. The summed E-state index contributed by atoms with van der Waals surface area (Å²) in [7, 11) is -3.85. The topological polar surface area (TPSA) is 79.4 Å². The van der Waals surface area contributed by atoms with Crippen molar-refractivity contribution in [1.29, 1.82) is 0 Å². The Balaban J connectivity index is 1.34. The molecule has 0 unspecified atom stereocenters. The summed E-state index contributed by atoms with van der Waals surface area (Å²) in [6.45, 7) is 0.200. The van der Waals surface area contributed by atoms with E-state index in [0.717, 1.165) is 24.0 Å². The van der Waals surface area contributed by atoms with E-state index in [4.69, 9.17) is 23.2 Å². The fourth-order valence-electron chi connectivity index (χ4n) is 4.31. The van der Waals surface area contributed by atoms with Crippen LogP contribution in [0.25, 0.3) is 0 Å². The quantitative estimate of drug-likeness (QED) is 0.262. The van der Waals surface area contributed by atoms with Gasteiger partial charge in [-0.05, 0) is 84.6 Å². The summed E-state index contributed by atoms with van der Waals surface area (Å²) in [6, 6.07) is 26.0. The average Bonchev–Trinajstić information content (AvgIpc) is 3.70. The first-order valence-electron chi connectivity index (χ1n) is 12.1. The zero-order valence-corrected chi connectivity index (χ0v) is 22.7. The lowest BCUT2D eigenvalue weighted by Gasteiger charge is -2.22. The van der Waals surface area contributed by atoms with Gasteiger partial charge in [0.1, 0.15) is 0 Å². The molecule has 0 atom stereocenters. The summed E-state index contributed by atoms with van der Waals surface area (Å²) in [5.41, 5.74) is 2.46. The third-order valence-corrected chi connectivity index (χ3v) is 8.86. The number of benzene rings is 3. The number of pyridine rings is 1. The van der Waals surface area contributed by atoms with Gasteiger partial charge in [-0.15, -0.1) is 0 Å². The first-order valence-corrected chi connectivity index (χ1v) is 14.3. The molecule has 0 bridgehead atoms. The first-order chi connectivity index (χ1) is 18.2. The van der Waals surface area contributed by atoms with Crippen LogP contribution < -0.4 is 5.32 Å². The van der Waals surface area contributed by atoms with Crippen molar-refractivity contribution in [3.63, 3.8) is 0 Å². The van der Waals surface area contributed by atoms with E-state index in [1.54, 1.807) is 54.7 Å². The molecule has 0 radical (unpaired) electrons. The minimum Gasteiger partial charge on any atom is -0.343 e. The van der Waals surface area contributed by atoms with Gasteiger partial charge >= 0.3 is 0 Å². The molecule has 1 aliphatic rings. The first kappa shape index (κ1) is 26.4. The molecule has 1 heterocycles. The number of aromatic nitrogens is 1. The van der Waals surface area contributed by atoms with Gasteiger partial charge in [0.25, 0.3) is 5.91 Å². The molecule has 38 heavy (non-hydrogen) atoms. The molecule has 5 rings (SSSR count). The molecule has 1 aromatic heterocycles. The van der Waals surface area contributed by atoms with Crippen molar-refractivity contribution in [3.8, 4) is 0 Å². The maximum atomic E-state index is 13.5. The molecule has 4 aromatic rings. The Bertz CT molecular complexity index is 1540. The monoisotopic (exact) mass is 565 g/mol. The molecule has 1 saturated carbocycles. The van der Waals surface area contributed by atoms with Gasteiger partial charge in [0.05, 0.1) is 22.7 Å². The molecule has 0 saturated heterocycles. The lowest BCUT2D eigenvalue weighted by molar-refractivity contribution is 0.0930. The van der Waals surface area contributed by atoms with Gasteiger partial charge in [-0.25, -0.2) is 8.42 Å². The molecule has 0 aliphatic heterocycles. The van der Waals surface area contributed by atoms with Gasteiger partial charge in [0.2, 0.25) is 10.0 Å². The van der Waals surface area contributed by atoms with Gasteiger partial charge in [0.15, 0.2) is 0 Å². The van der Waals surface area contributed by atoms with E-state index < -0.39 is 15.6 Å². The van der Waals surface area contributed by atoms with Crippen LogP contribution in [0, 0.1) is 0 Å². The van der Waals surface area contributed by atoms with Crippen molar-refractivity contribution in [2.45, 2.75) is 36.4 Å². The van der Waals surface area contributed by atoms with E-state index in [1.807, 2.05) is 30.3 Å². The predicted octanol–water partition coefficient (Wildman–Crippen LogP) is 6.20. The number of halogens is 2. The van der Waals surface area contributed by atoms with Crippen LogP contribution in [0.3, 0.4) is 0 Å². The van der Waals surface area contributed by atoms with Gasteiger partial charge in [0, 0.05) is 28.4 Å². The van der Waals surface area contributed by atoms with Gasteiger partial charge < -0.3 is 5.32 Å². The standard InChI is InChI=1S/C29H25Cl2N3O3S/c30-24-11-13-27(14-12-24)38(36,37)34(20-26-6-1-2-17-32-26)19-21-7-9-22(10-8-21)28(35)33-29(15-16-29)23-4-3-5-25(31)18-23/h1-14,17-18H,15-16,19-20H2,(H,33,35). The molecular formula is C29H25Cl2N3O3S. The highest BCUT2D eigenvalue weighted by atomic mass is 35.5. The minimum absolute atomic E-state index is 0.0934. The second kappa shape index (κ2) is 10.9. The van der Waals surface area contributed by atoms with E-state index >= 15 is 0 Å². The normalized spacial score (nSPS) is 14.3. The van der Waals surface area contributed by atoms with Crippen LogP contribution >= 0.6 is 23.2 Å². The van der Waals surface area contributed by atoms with Crippen LogP contribution in [-0.2, 0) is 28.7 Å². The number of amides is 1. The zero-order valence-electron chi connectivity index (χ0n) is 20.3. The van der Waals surface area contributed by atoms with Crippen molar-refractivity contribution < 1.29 is 13.2 Å². The number of hydrogen-bond donors (Lipinski definition) is 1. The predicted molar refractivity (Wildman–Crippen MR) is 148 cm³/mol. The smallest absolute Gasteiger partial charge is 0.251 e. The maximum absolute atomic E-state index is 13.5. The second-order valence-electron chi connectivity index (χ2n) is 9.29. The number of nitrogens with zero attached hydrogens (tertiary/aromatic N) is 2. The molecule has 0 spiro atoms. The fraction of sp³-hybridized carbons (Fsp3) is 0.172. The highest BCUT2D eigenvalue weighted by molar-refractivity contribution is 7.89. The number of nitrogens with one attached hydrogen (secondary N) is 1. The van der Waals surface area contributed by atoms with E-state index in [-0.39, 0.29) is 23.9 Å². The van der Waals surface area contributed by atoms with Crippen molar-refractivity contribution in [3.05, 3.63) is 130 Å². The molecule has 1 aliphatic carbocycles. The average molecular weight is 567 g/mol. The zero-order chi connectivity index (χ0) is 26.8. The Hall–Kier alpha value is -3.23. The third-order valence-electron chi connectivity index (χ3n) is 6.57. The van der Waals surface area contributed by atoms with Crippen LogP contribution in [0.15, 0.2) is 102 Å². The summed E-state index contributed by atoms with van der Waals surface area (Å²) >= 11 is 12.1. The Morgan fingerprint density at radius 1 is 0.868 bits per heavy atom. The number of rotatable bonds is 9. The fourth-order valence-corrected chi connectivity index (χ4v) is 6.02. The minimum atomic E-state index is -3.85. The Morgan fingerprint density at radius 3 is 2.24 bits per heavy atom. The van der Waals surface area contributed by atoms with E-state index in [2.05, 4.69) is 10.3 Å². The molecule has 1 fully saturated rings. The molecule has 1 N–H and O–H groups in total. The van der Waals surface area contributed by atoms with Crippen LogP contribution in [0.2, 0.25) is 10.0 Å². The van der Waals surface area contributed by atoms with Gasteiger partial charge in [-0.2, -0.15) is 4.31 Å². The Labute approximate surface area is 232 Å². The summed E-state index contributed by atoms with van der Waals surface area (Å²) in [4.78, 5) is 17.5. The third kappa shape index (κ3) is 5.92. The summed E-state index contributed by atoms with van der Waals surface area (Å²) in [5.74, 6) is -0.187. The van der Waals surface area contributed by atoms with Gasteiger partial charge in [-0.3, -0.25) is 9.78 Å². The highest BCUT2D eigenvalue weighted by Gasteiger charge is 2.45. The Kier molecular flexibility index (Phi) is 7.54. The number of hydrogen-bond acceptors (Lipinski definition) is 4. The highest BCUT2D eigenvalue weighted by Crippen LogP contribution is 2.46. The van der Waals surface area contributed by atoms with Crippen LogP contribution in [0.5, 0.6) is 0 Å². The van der Waals surface area contributed by atoms with Crippen LogP contribution in [-0.4, -0.2) is 23.6 Å². The van der Waals surface area contributed by atoms with E-state index in [9.17, 15) is 13.2 Å². The lowest BCUT2D eigenvalue weighted by atomic mass is 10.0. The van der Waals surface area contributed by atoms with Crippen molar-refractivity contribution in [1.82, 2.24) is 14.6 Å². The van der Waals surface area contributed by atoms with E-state index in [0.29, 0.717) is 21.3 Å². The number of sulfonamides is 1. The van der Waals surface area contributed by atoms with Crippen LogP contribution in [0.4, 0.5) is 0 Å². The largest absolute Gasteiger partial charge is 0.343 e. The number of carbonyl (C=O) groups is 1. The van der Waals surface area contributed by atoms with Crippen molar-refractivity contribution >= 4 is 39.1 Å². The molecule has 9 heteroatoms. The van der Waals surface area contributed by atoms with E-state index in [1.165, 1.54) is 16.4 Å². The summed E-state index contributed by atoms with van der Waals surface area (Å²) in [5, 5.41) is 4.24. The van der Waals surface area contributed by atoms with Crippen molar-refractivity contribution in [2.24, 2.45) is 0 Å². The summed E-state index contributed by atoms with van der Waals surface area (Å²) in [6.07, 6.45) is 3.33. The summed E-state index contributed by atoms with van der Waals surface area (Å²) < 4.78 is 28.4. The Morgan fingerprint density at radius 2 is 1.61 bits per heavy atom. The second-order valence-corrected chi connectivity index (χ2v) is 12.1. The lowest BCUT2D eigenvalue weighted by Crippen LogP contribution is -2.34. The molecule has 3 aromatic carbocycles. The molecular weight excluding hydrogens is 541 g/mol. The van der Waals surface area contributed by atoms with Crippen molar-refractivity contribution in [2.75, 3.05) is 0 Å². The van der Waals surface area contributed by atoms with Crippen LogP contribution in [0.1, 0.15) is 40.0 Å². The maximum Gasteiger partial charge on any atom is 0.251 e. The molecule has 194 valence electrons. The van der Waals surface area contributed by atoms with Gasteiger partial charge in [-0.1, -0.05) is 53.5 Å². The molecule has 6 nitrogen and oxygen atoms in total.